The molecule has 96 valence electrons. The van der Waals surface area contributed by atoms with Crippen molar-refractivity contribution >= 4 is 18.3 Å². The zero-order valence-corrected chi connectivity index (χ0v) is 11.8. The van der Waals surface area contributed by atoms with Crippen LogP contribution in [0.15, 0.2) is 0 Å². The van der Waals surface area contributed by atoms with Gasteiger partial charge in [-0.25, -0.2) is 0 Å². The Morgan fingerprint density at radius 3 is 1.69 bits per heavy atom. The minimum absolute atomic E-state index is 0.636. The maximum atomic E-state index is 7.47. The van der Waals surface area contributed by atoms with E-state index in [0.29, 0.717) is 5.75 Å². The summed E-state index contributed by atoms with van der Waals surface area (Å²) in [4.78, 5) is 0. The van der Waals surface area contributed by atoms with Crippen LogP contribution < -0.4 is 0 Å². The van der Waals surface area contributed by atoms with Crippen LogP contribution >= 0.6 is 12.6 Å². The molecular weight excluding hydrogens is 214 g/mol. The van der Waals surface area contributed by atoms with E-state index >= 15 is 0 Å². The molecule has 0 aromatic carbocycles. The second-order valence-electron chi connectivity index (χ2n) is 4.69. The fourth-order valence-corrected chi connectivity index (χ4v) is 2.06. The predicted molar refractivity (Wildman–Crippen MR) is 78.0 cm³/mol. The normalized spacial score (nSPS) is 10.6. The molecule has 0 bridgehead atoms. The molecule has 0 aromatic rings. The van der Waals surface area contributed by atoms with Gasteiger partial charge < -0.3 is 5.41 Å². The third kappa shape index (κ3) is 12.1. The molecular formula is C14H29NS. The van der Waals surface area contributed by atoms with Crippen LogP contribution in [0.3, 0.4) is 0 Å². The van der Waals surface area contributed by atoms with Gasteiger partial charge >= 0.3 is 0 Å². The third-order valence-electron chi connectivity index (χ3n) is 3.02. The molecule has 0 aliphatic heterocycles. The second-order valence-corrected chi connectivity index (χ2v) is 5.01. The van der Waals surface area contributed by atoms with Crippen molar-refractivity contribution < 1.29 is 0 Å². The van der Waals surface area contributed by atoms with Crippen LogP contribution in [0.2, 0.25) is 0 Å². The van der Waals surface area contributed by atoms with E-state index in [1.54, 1.807) is 0 Å². The molecule has 0 saturated heterocycles. The van der Waals surface area contributed by atoms with Gasteiger partial charge in [-0.2, -0.15) is 12.6 Å². The summed E-state index contributed by atoms with van der Waals surface area (Å²) in [6.45, 7) is 2.27. The molecule has 1 nitrogen and oxygen atoms in total. The van der Waals surface area contributed by atoms with Crippen molar-refractivity contribution in [3.8, 4) is 0 Å². The van der Waals surface area contributed by atoms with E-state index in [0.717, 1.165) is 12.1 Å². The van der Waals surface area contributed by atoms with Gasteiger partial charge in [0.05, 0.1) is 0 Å². The first kappa shape index (κ1) is 16.0. The molecule has 0 spiro atoms. The fourth-order valence-electron chi connectivity index (χ4n) is 1.90. The number of thiol groups is 1. The Bertz CT molecular complexity index is 157. The summed E-state index contributed by atoms with van der Waals surface area (Å²) >= 11 is 4.09. The average Bonchev–Trinajstić information content (AvgIpc) is 2.31. The van der Waals surface area contributed by atoms with E-state index in [4.69, 9.17) is 5.41 Å². The Morgan fingerprint density at radius 1 is 0.812 bits per heavy atom. The van der Waals surface area contributed by atoms with Crippen LogP contribution in [-0.2, 0) is 0 Å². The Labute approximate surface area is 107 Å². The molecule has 0 heterocycles. The second kappa shape index (κ2) is 13.1. The van der Waals surface area contributed by atoms with Crippen LogP contribution in [0.1, 0.15) is 77.6 Å². The first-order chi connectivity index (χ1) is 7.81. The summed E-state index contributed by atoms with van der Waals surface area (Å²) in [7, 11) is 0. The number of unbranched alkanes of at least 4 members (excludes halogenated alkanes) is 9. The summed E-state index contributed by atoms with van der Waals surface area (Å²) < 4.78 is 0. The molecule has 2 heteroatoms. The van der Waals surface area contributed by atoms with E-state index in [9.17, 15) is 0 Å². The Kier molecular flexibility index (Phi) is 13.1. The van der Waals surface area contributed by atoms with Crippen molar-refractivity contribution in [3.05, 3.63) is 0 Å². The zero-order valence-electron chi connectivity index (χ0n) is 10.9. The van der Waals surface area contributed by atoms with Crippen LogP contribution in [0.4, 0.5) is 0 Å². The molecule has 0 aliphatic carbocycles. The summed E-state index contributed by atoms with van der Waals surface area (Å²) in [6.07, 6.45) is 14.6. The minimum Gasteiger partial charge on any atom is -0.309 e. The highest BCUT2D eigenvalue weighted by atomic mass is 32.1. The van der Waals surface area contributed by atoms with Crippen molar-refractivity contribution in [3.63, 3.8) is 0 Å². The van der Waals surface area contributed by atoms with Crippen molar-refractivity contribution in [2.24, 2.45) is 0 Å². The average molecular weight is 243 g/mol. The fraction of sp³-hybridized carbons (Fsp3) is 0.929. The molecule has 0 aromatic heterocycles. The van der Waals surface area contributed by atoms with E-state index in [-0.39, 0.29) is 0 Å². The molecule has 16 heavy (non-hydrogen) atoms. The highest BCUT2D eigenvalue weighted by molar-refractivity contribution is 7.81. The van der Waals surface area contributed by atoms with E-state index in [2.05, 4.69) is 19.6 Å². The van der Waals surface area contributed by atoms with Gasteiger partial charge in [0.15, 0.2) is 0 Å². The predicted octanol–water partition coefficient (Wildman–Crippen LogP) is 5.25. The lowest BCUT2D eigenvalue weighted by molar-refractivity contribution is 0.559. The summed E-state index contributed by atoms with van der Waals surface area (Å²) in [5.41, 5.74) is 0.794. The van der Waals surface area contributed by atoms with Crippen molar-refractivity contribution in [2.45, 2.75) is 77.6 Å². The molecule has 0 atom stereocenters. The molecule has 0 aliphatic rings. The van der Waals surface area contributed by atoms with Crippen LogP contribution in [0.5, 0.6) is 0 Å². The van der Waals surface area contributed by atoms with Gasteiger partial charge in [-0.3, -0.25) is 0 Å². The largest absolute Gasteiger partial charge is 0.309 e. The van der Waals surface area contributed by atoms with E-state index in [1.165, 1.54) is 64.2 Å². The molecule has 0 amide bonds. The summed E-state index contributed by atoms with van der Waals surface area (Å²) in [6, 6.07) is 0. The lowest BCUT2D eigenvalue weighted by Crippen LogP contribution is -1.96. The third-order valence-corrected chi connectivity index (χ3v) is 3.40. The first-order valence-corrected chi connectivity index (χ1v) is 7.61. The van der Waals surface area contributed by atoms with Gasteiger partial charge in [0.2, 0.25) is 0 Å². The molecule has 0 saturated carbocycles. The van der Waals surface area contributed by atoms with Crippen molar-refractivity contribution in [2.75, 3.05) is 5.75 Å². The van der Waals surface area contributed by atoms with Gasteiger partial charge in [0, 0.05) is 11.5 Å². The number of hydrogen-bond donors (Lipinski definition) is 2. The highest BCUT2D eigenvalue weighted by Crippen LogP contribution is 2.11. The SMILES string of the molecule is CCCCCCCCCCCCC(=N)CS. The zero-order chi connectivity index (χ0) is 12.1. The van der Waals surface area contributed by atoms with Gasteiger partial charge in [-0.05, 0) is 12.8 Å². The van der Waals surface area contributed by atoms with E-state index in [1.807, 2.05) is 0 Å². The molecule has 1 N–H and O–H groups in total. The molecule has 0 unspecified atom stereocenters. The topological polar surface area (TPSA) is 23.9 Å². The molecule has 0 radical (unpaired) electrons. The number of nitrogens with one attached hydrogen (secondary N) is 1. The standard InChI is InChI=1S/C14H29NS/c1-2-3-4-5-6-7-8-9-10-11-12-14(15)13-16/h15-16H,2-13H2,1H3. The van der Waals surface area contributed by atoms with E-state index < -0.39 is 0 Å². The van der Waals surface area contributed by atoms with Crippen molar-refractivity contribution in [1.29, 1.82) is 5.41 Å². The van der Waals surface area contributed by atoms with Crippen LogP contribution in [0, 0.1) is 5.41 Å². The number of hydrogen-bond acceptors (Lipinski definition) is 2. The Hall–Kier alpha value is 0.0200. The maximum absolute atomic E-state index is 7.47. The minimum atomic E-state index is 0.636. The van der Waals surface area contributed by atoms with Gasteiger partial charge in [0.25, 0.3) is 0 Å². The summed E-state index contributed by atoms with van der Waals surface area (Å²) in [5.74, 6) is 0.636. The Morgan fingerprint density at radius 2 is 1.25 bits per heavy atom. The maximum Gasteiger partial charge on any atom is 0.0281 e. The van der Waals surface area contributed by atoms with Gasteiger partial charge in [-0.1, -0.05) is 64.7 Å². The van der Waals surface area contributed by atoms with Crippen LogP contribution in [-0.4, -0.2) is 11.5 Å². The smallest absolute Gasteiger partial charge is 0.0281 e. The van der Waals surface area contributed by atoms with Crippen LogP contribution in [0.25, 0.3) is 0 Å². The van der Waals surface area contributed by atoms with Gasteiger partial charge in [-0.15, -0.1) is 0 Å². The molecule has 0 fully saturated rings. The number of rotatable bonds is 12. The first-order valence-electron chi connectivity index (χ1n) is 6.98. The van der Waals surface area contributed by atoms with Crippen molar-refractivity contribution in [1.82, 2.24) is 0 Å². The quantitative estimate of drug-likeness (QED) is 0.266. The monoisotopic (exact) mass is 243 g/mol. The van der Waals surface area contributed by atoms with Gasteiger partial charge in [0.1, 0.15) is 0 Å². The lowest BCUT2D eigenvalue weighted by Gasteiger charge is -2.02. The molecule has 0 rings (SSSR count). The summed E-state index contributed by atoms with van der Waals surface area (Å²) in [5, 5.41) is 7.47. The highest BCUT2D eigenvalue weighted by Gasteiger charge is 1.95. The Balaban J connectivity index is 2.96. The lowest BCUT2D eigenvalue weighted by atomic mass is 10.1.